The molecule has 3 rings (SSSR count). The van der Waals surface area contributed by atoms with Gasteiger partial charge in [-0.05, 0) is 54.9 Å². The topological polar surface area (TPSA) is 87.1 Å². The van der Waals surface area contributed by atoms with Crippen molar-refractivity contribution in [3.63, 3.8) is 0 Å². The van der Waals surface area contributed by atoms with Crippen LogP contribution in [0.5, 0.6) is 5.75 Å². The smallest absolute Gasteiger partial charge is 0.336 e. The molecule has 7 heteroatoms. The molecule has 3 aromatic rings. The molecule has 0 saturated carbocycles. The quantitative estimate of drug-likeness (QED) is 0.478. The lowest BCUT2D eigenvalue weighted by Crippen LogP contribution is -2.21. The normalized spacial score (nSPS) is 10.9. The van der Waals surface area contributed by atoms with Crippen molar-refractivity contribution in [2.45, 2.75) is 20.0 Å². The van der Waals surface area contributed by atoms with Gasteiger partial charge in [0.2, 0.25) is 0 Å². The molecule has 3 aromatic carbocycles. The summed E-state index contributed by atoms with van der Waals surface area (Å²) in [6, 6.07) is 15.8. The number of rotatable bonds is 8. The number of hydrogen-bond donors (Lipinski definition) is 2. The molecule has 0 radical (unpaired) electrons. The summed E-state index contributed by atoms with van der Waals surface area (Å²) in [5.41, 5.74) is 2.50. The highest BCUT2D eigenvalue weighted by molar-refractivity contribution is 6.33. The first-order valence-corrected chi connectivity index (χ1v) is 10.3. The zero-order chi connectivity index (χ0) is 23.4. The van der Waals surface area contributed by atoms with Gasteiger partial charge in [-0.2, -0.15) is 0 Å². The van der Waals surface area contributed by atoms with Crippen LogP contribution in [0.3, 0.4) is 0 Å². The molecule has 0 bridgehead atoms. The van der Waals surface area contributed by atoms with Crippen LogP contribution in [0, 0.1) is 6.92 Å². The summed E-state index contributed by atoms with van der Waals surface area (Å²) >= 11 is 6.34. The Labute approximate surface area is 191 Å². The number of benzene rings is 3. The lowest BCUT2D eigenvalue weighted by Gasteiger charge is -2.23. The minimum atomic E-state index is -1.21. The van der Waals surface area contributed by atoms with Crippen molar-refractivity contribution in [1.82, 2.24) is 4.90 Å². The zero-order valence-electron chi connectivity index (χ0n) is 18.1. The van der Waals surface area contributed by atoms with E-state index in [0.29, 0.717) is 29.8 Å². The molecule has 6 nitrogen and oxygen atoms in total. The van der Waals surface area contributed by atoms with E-state index in [1.165, 1.54) is 6.07 Å². The summed E-state index contributed by atoms with van der Waals surface area (Å²) in [4.78, 5) is 26.4. The predicted octanol–water partition coefficient (Wildman–Crippen LogP) is 5.35. The van der Waals surface area contributed by atoms with E-state index in [1.54, 1.807) is 38.3 Å². The summed E-state index contributed by atoms with van der Waals surface area (Å²) in [6.07, 6.45) is 0. The average molecular weight is 454 g/mol. The van der Waals surface area contributed by atoms with E-state index in [4.69, 9.17) is 16.3 Å². The number of aryl methyl sites for hydroxylation is 1. The van der Waals surface area contributed by atoms with Gasteiger partial charge in [0.1, 0.15) is 5.75 Å². The molecule has 0 unspecified atom stereocenters. The van der Waals surface area contributed by atoms with Gasteiger partial charge in [0.25, 0.3) is 0 Å². The molecule has 0 aromatic heterocycles. The van der Waals surface area contributed by atoms with Crippen LogP contribution < -0.4 is 4.74 Å². The maximum Gasteiger partial charge on any atom is 0.336 e. The first kappa shape index (κ1) is 23.3. The lowest BCUT2D eigenvalue weighted by atomic mass is 9.87. The molecule has 0 spiro atoms. The Hall–Kier alpha value is -3.35. The fourth-order valence-corrected chi connectivity index (χ4v) is 4.05. The van der Waals surface area contributed by atoms with E-state index in [1.807, 2.05) is 36.2 Å². The first-order valence-electron chi connectivity index (χ1n) is 9.92. The molecule has 0 aliphatic heterocycles. The molecule has 0 aliphatic rings. The van der Waals surface area contributed by atoms with Gasteiger partial charge >= 0.3 is 11.9 Å². The minimum absolute atomic E-state index is 0.0482. The predicted molar refractivity (Wildman–Crippen MR) is 124 cm³/mol. The number of halogens is 1. The summed E-state index contributed by atoms with van der Waals surface area (Å²) < 4.78 is 5.27. The second-order valence-corrected chi connectivity index (χ2v) is 7.99. The second-order valence-electron chi connectivity index (χ2n) is 7.58. The Balaban J connectivity index is 2.11. The highest BCUT2D eigenvalue weighted by Gasteiger charge is 2.27. The summed E-state index contributed by atoms with van der Waals surface area (Å²) in [6.45, 7) is 2.59. The van der Waals surface area contributed by atoms with Crippen molar-refractivity contribution >= 4 is 23.5 Å². The number of carboxylic acids is 2. The summed E-state index contributed by atoms with van der Waals surface area (Å²) in [7, 11) is 3.48. The average Bonchev–Trinajstić information content (AvgIpc) is 2.75. The maximum atomic E-state index is 12.4. The van der Waals surface area contributed by atoms with Crippen molar-refractivity contribution in [2.24, 2.45) is 0 Å². The molecule has 0 fully saturated rings. The molecule has 0 aliphatic carbocycles. The van der Waals surface area contributed by atoms with E-state index in [0.717, 1.165) is 11.3 Å². The van der Waals surface area contributed by atoms with Gasteiger partial charge < -0.3 is 14.9 Å². The SMILES string of the molecule is COc1cccc(CN(C)Cc2c(C)cc(C(=O)O)c(-c3ccccc3Cl)c2C(=O)O)c1. The number of aromatic carboxylic acids is 2. The van der Waals surface area contributed by atoms with E-state index in [2.05, 4.69) is 0 Å². The Kier molecular flexibility index (Phi) is 7.18. The van der Waals surface area contributed by atoms with Crippen LogP contribution in [0.1, 0.15) is 37.4 Å². The molecule has 0 heterocycles. The molecule has 0 atom stereocenters. The number of hydrogen-bond acceptors (Lipinski definition) is 4. The molecular formula is C25H24ClNO5. The monoisotopic (exact) mass is 453 g/mol. The van der Waals surface area contributed by atoms with Crippen LogP contribution in [0.25, 0.3) is 11.1 Å². The van der Waals surface area contributed by atoms with Crippen LogP contribution in [-0.4, -0.2) is 41.2 Å². The van der Waals surface area contributed by atoms with E-state index in [-0.39, 0.29) is 21.7 Å². The standard InChI is InChI=1S/C25H24ClNO5/c1-15-11-19(24(28)29)22(18-9-4-5-10-21(18)26)23(25(30)31)20(15)14-27(2)13-16-7-6-8-17(12-16)32-3/h4-12H,13-14H2,1-3H3,(H,28,29)(H,30,31). The molecule has 2 N–H and O–H groups in total. The molecular weight excluding hydrogens is 430 g/mol. The van der Waals surface area contributed by atoms with E-state index >= 15 is 0 Å². The van der Waals surface area contributed by atoms with Crippen molar-refractivity contribution < 1.29 is 24.5 Å². The molecule has 166 valence electrons. The van der Waals surface area contributed by atoms with Gasteiger partial charge in [-0.25, -0.2) is 9.59 Å². The summed E-state index contributed by atoms with van der Waals surface area (Å²) in [5.74, 6) is -1.66. The van der Waals surface area contributed by atoms with Crippen molar-refractivity contribution in [1.29, 1.82) is 0 Å². The third-order valence-corrected chi connectivity index (χ3v) is 5.59. The van der Waals surface area contributed by atoms with Crippen LogP contribution >= 0.6 is 11.6 Å². The van der Waals surface area contributed by atoms with Gasteiger partial charge in [0, 0.05) is 29.2 Å². The van der Waals surface area contributed by atoms with Gasteiger partial charge in [-0.15, -0.1) is 0 Å². The van der Waals surface area contributed by atoms with Crippen molar-refractivity contribution in [3.8, 4) is 16.9 Å². The van der Waals surface area contributed by atoms with Gasteiger partial charge in [0.15, 0.2) is 0 Å². The van der Waals surface area contributed by atoms with E-state index in [9.17, 15) is 19.8 Å². The van der Waals surface area contributed by atoms with Crippen LogP contribution in [0.15, 0.2) is 54.6 Å². The number of methoxy groups -OCH3 is 1. The molecule has 32 heavy (non-hydrogen) atoms. The Morgan fingerprint density at radius 1 is 1.00 bits per heavy atom. The largest absolute Gasteiger partial charge is 0.497 e. The Bertz CT molecular complexity index is 1170. The Morgan fingerprint density at radius 3 is 2.34 bits per heavy atom. The second kappa shape index (κ2) is 9.85. The Morgan fingerprint density at radius 2 is 1.72 bits per heavy atom. The minimum Gasteiger partial charge on any atom is -0.497 e. The number of nitrogens with zero attached hydrogens (tertiary/aromatic N) is 1. The molecule has 0 amide bonds. The van der Waals surface area contributed by atoms with E-state index < -0.39 is 11.9 Å². The fourth-order valence-electron chi connectivity index (χ4n) is 3.82. The summed E-state index contributed by atoms with van der Waals surface area (Å²) in [5, 5.41) is 20.2. The highest BCUT2D eigenvalue weighted by atomic mass is 35.5. The van der Waals surface area contributed by atoms with Crippen molar-refractivity contribution in [3.05, 3.63) is 87.4 Å². The first-order chi connectivity index (χ1) is 15.2. The van der Waals surface area contributed by atoms with Crippen LogP contribution in [0.4, 0.5) is 0 Å². The van der Waals surface area contributed by atoms with Crippen LogP contribution in [-0.2, 0) is 13.1 Å². The van der Waals surface area contributed by atoms with Gasteiger partial charge in [-0.3, -0.25) is 4.90 Å². The third-order valence-electron chi connectivity index (χ3n) is 5.26. The highest BCUT2D eigenvalue weighted by Crippen LogP contribution is 2.37. The molecule has 0 saturated heterocycles. The fraction of sp³-hybridized carbons (Fsp3) is 0.200. The van der Waals surface area contributed by atoms with Gasteiger partial charge in [0.05, 0.1) is 18.2 Å². The number of ether oxygens (including phenoxy) is 1. The van der Waals surface area contributed by atoms with Gasteiger partial charge in [-0.1, -0.05) is 41.9 Å². The number of carboxylic acid groups (broad SMARTS) is 2. The third kappa shape index (κ3) is 4.93. The van der Waals surface area contributed by atoms with Crippen LogP contribution in [0.2, 0.25) is 5.02 Å². The number of carbonyl (C=O) groups is 2. The lowest BCUT2D eigenvalue weighted by molar-refractivity contribution is 0.0694. The maximum absolute atomic E-state index is 12.4. The van der Waals surface area contributed by atoms with Crippen molar-refractivity contribution in [2.75, 3.05) is 14.2 Å². The zero-order valence-corrected chi connectivity index (χ0v) is 18.8.